The molecule has 1 unspecified atom stereocenters. The van der Waals surface area contributed by atoms with Crippen molar-refractivity contribution in [3.8, 4) is 23.0 Å². The Morgan fingerprint density at radius 2 is 1.92 bits per heavy atom. The van der Waals surface area contributed by atoms with Gasteiger partial charge in [0.2, 0.25) is 0 Å². The van der Waals surface area contributed by atoms with Crippen molar-refractivity contribution in [1.82, 2.24) is 19.9 Å². The van der Waals surface area contributed by atoms with Gasteiger partial charge in [-0.05, 0) is 75.5 Å². The number of phenolic OH excluding ortho intramolecular Hbond substituents is 1. The number of benzene rings is 2. The maximum Gasteiger partial charge on any atom is 0.319 e. The van der Waals surface area contributed by atoms with Crippen LogP contribution in [0.4, 0.5) is 10.2 Å². The Balaban J connectivity index is 1.47. The van der Waals surface area contributed by atoms with Gasteiger partial charge in [0, 0.05) is 30.9 Å². The second-order valence-electron chi connectivity index (χ2n) is 11.2. The zero-order valence-corrected chi connectivity index (χ0v) is 22.4. The third-order valence-electron chi connectivity index (χ3n) is 8.18. The van der Waals surface area contributed by atoms with E-state index in [-0.39, 0.29) is 29.0 Å². The molecule has 4 heterocycles. The number of pyridine rings is 1. The molecule has 4 aromatic rings. The van der Waals surface area contributed by atoms with Crippen LogP contribution in [0.5, 0.6) is 11.8 Å². The number of aromatic nitrogens is 3. The standard InChI is InChI=1S/C30H34FN5O3/c1-30(38)10-6-13-36(14-11-30)28-24-17-32-26(23-16-21(37)15-19-7-3-4-9-22(19)23)25(31)27(24)33-29(34-28)39-18-20-8-5-12-35(20)2/h3-4,7,9,15-17,20,37-38H,5-6,8,10-14,18H2,1-2H3/t20-,30?/m0/s1. The van der Waals surface area contributed by atoms with E-state index in [0.717, 1.165) is 36.6 Å². The van der Waals surface area contributed by atoms with Crippen molar-refractivity contribution in [2.75, 3.05) is 38.2 Å². The molecule has 6 rings (SSSR count). The topological polar surface area (TPSA) is 94.8 Å². The molecule has 0 aliphatic carbocycles. The van der Waals surface area contributed by atoms with E-state index in [4.69, 9.17) is 9.72 Å². The Morgan fingerprint density at radius 1 is 1.08 bits per heavy atom. The largest absolute Gasteiger partial charge is 0.508 e. The summed E-state index contributed by atoms with van der Waals surface area (Å²) in [7, 11) is 2.08. The summed E-state index contributed by atoms with van der Waals surface area (Å²) in [5.74, 6) is 0.0115. The number of halogens is 1. The predicted molar refractivity (Wildman–Crippen MR) is 150 cm³/mol. The van der Waals surface area contributed by atoms with Crippen molar-refractivity contribution >= 4 is 27.5 Å². The lowest BCUT2D eigenvalue weighted by atomic mass is 9.98. The Morgan fingerprint density at radius 3 is 2.74 bits per heavy atom. The summed E-state index contributed by atoms with van der Waals surface area (Å²) in [5.41, 5.74) is -0.0226. The van der Waals surface area contributed by atoms with Gasteiger partial charge in [-0.1, -0.05) is 24.3 Å². The van der Waals surface area contributed by atoms with Crippen molar-refractivity contribution in [3.63, 3.8) is 0 Å². The Bertz CT molecular complexity index is 1530. The predicted octanol–water partition coefficient (Wildman–Crippen LogP) is 4.90. The van der Waals surface area contributed by atoms with Gasteiger partial charge < -0.3 is 24.7 Å². The third-order valence-corrected chi connectivity index (χ3v) is 8.18. The normalized spacial score (nSPS) is 22.5. The van der Waals surface area contributed by atoms with Gasteiger partial charge >= 0.3 is 6.01 Å². The SMILES string of the molecule is CN1CCC[C@H]1COc1nc(N2CCCC(C)(O)CC2)c2cnc(-c3cc(O)cc4ccccc34)c(F)c2n1. The molecular weight excluding hydrogens is 497 g/mol. The van der Waals surface area contributed by atoms with Crippen molar-refractivity contribution < 1.29 is 19.3 Å². The summed E-state index contributed by atoms with van der Waals surface area (Å²) in [6.07, 6.45) is 5.80. The molecule has 0 spiro atoms. The highest BCUT2D eigenvalue weighted by Gasteiger charge is 2.29. The number of ether oxygens (including phenoxy) is 1. The summed E-state index contributed by atoms with van der Waals surface area (Å²) < 4.78 is 22.5. The molecule has 2 aliphatic rings. The van der Waals surface area contributed by atoms with Crippen LogP contribution in [0.15, 0.2) is 42.6 Å². The van der Waals surface area contributed by atoms with Crippen LogP contribution in [0.2, 0.25) is 0 Å². The van der Waals surface area contributed by atoms with E-state index < -0.39 is 11.4 Å². The van der Waals surface area contributed by atoms with Crippen LogP contribution in [0, 0.1) is 5.82 Å². The number of hydrogen-bond donors (Lipinski definition) is 2. The molecule has 2 fully saturated rings. The number of aliphatic hydroxyl groups is 1. The lowest BCUT2D eigenvalue weighted by Crippen LogP contribution is -2.31. The fraction of sp³-hybridized carbons (Fsp3) is 0.433. The highest BCUT2D eigenvalue weighted by Crippen LogP contribution is 2.37. The number of phenols is 1. The Labute approximate surface area is 227 Å². The van der Waals surface area contributed by atoms with Crippen LogP contribution in [0.25, 0.3) is 32.9 Å². The minimum atomic E-state index is -0.753. The van der Waals surface area contributed by atoms with Crippen LogP contribution in [-0.4, -0.2) is 75.0 Å². The first-order chi connectivity index (χ1) is 18.8. The first-order valence-electron chi connectivity index (χ1n) is 13.7. The van der Waals surface area contributed by atoms with Crippen LogP contribution in [-0.2, 0) is 0 Å². The van der Waals surface area contributed by atoms with Gasteiger partial charge in [0.15, 0.2) is 5.82 Å². The van der Waals surface area contributed by atoms with Crippen LogP contribution in [0.1, 0.15) is 39.0 Å². The smallest absolute Gasteiger partial charge is 0.319 e. The molecule has 2 aliphatic heterocycles. The first-order valence-corrected chi connectivity index (χ1v) is 13.7. The second kappa shape index (κ2) is 10.2. The second-order valence-corrected chi connectivity index (χ2v) is 11.2. The average molecular weight is 532 g/mol. The van der Waals surface area contributed by atoms with Crippen molar-refractivity contribution in [2.24, 2.45) is 0 Å². The van der Waals surface area contributed by atoms with E-state index >= 15 is 4.39 Å². The minimum Gasteiger partial charge on any atom is -0.508 e. The molecule has 0 saturated carbocycles. The minimum absolute atomic E-state index is 0.0368. The van der Waals surface area contributed by atoms with Gasteiger partial charge in [-0.25, -0.2) is 4.39 Å². The number of fused-ring (bicyclic) bond motifs is 2. The highest BCUT2D eigenvalue weighted by molar-refractivity contribution is 5.99. The molecule has 2 aromatic carbocycles. The molecule has 9 heteroatoms. The van der Waals surface area contributed by atoms with E-state index in [2.05, 4.69) is 26.8 Å². The van der Waals surface area contributed by atoms with Crippen molar-refractivity contribution in [2.45, 2.75) is 50.7 Å². The summed E-state index contributed by atoms with van der Waals surface area (Å²) >= 11 is 0. The van der Waals surface area contributed by atoms with Gasteiger partial charge in [-0.3, -0.25) is 4.98 Å². The molecule has 39 heavy (non-hydrogen) atoms. The van der Waals surface area contributed by atoms with Crippen molar-refractivity contribution in [1.29, 1.82) is 0 Å². The molecule has 2 N–H and O–H groups in total. The molecule has 204 valence electrons. The van der Waals surface area contributed by atoms with Crippen molar-refractivity contribution in [3.05, 3.63) is 48.4 Å². The van der Waals surface area contributed by atoms with Gasteiger partial charge in [0.1, 0.15) is 29.4 Å². The van der Waals surface area contributed by atoms with E-state index in [1.807, 2.05) is 31.2 Å². The van der Waals surface area contributed by atoms with E-state index in [9.17, 15) is 10.2 Å². The monoisotopic (exact) mass is 531 g/mol. The summed E-state index contributed by atoms with van der Waals surface area (Å²) in [6.45, 7) is 4.55. The number of rotatable bonds is 5. The lowest BCUT2D eigenvalue weighted by molar-refractivity contribution is 0.0481. The summed E-state index contributed by atoms with van der Waals surface area (Å²) in [6, 6.07) is 11.1. The van der Waals surface area contributed by atoms with Gasteiger partial charge in [-0.15, -0.1) is 0 Å². The Hall–Kier alpha value is -3.56. The fourth-order valence-electron chi connectivity index (χ4n) is 5.84. The highest BCUT2D eigenvalue weighted by atomic mass is 19.1. The molecule has 0 bridgehead atoms. The quantitative estimate of drug-likeness (QED) is 0.375. The molecule has 2 aromatic heterocycles. The van der Waals surface area contributed by atoms with Gasteiger partial charge in [0.05, 0.1) is 11.0 Å². The molecule has 2 saturated heterocycles. The molecule has 0 amide bonds. The van der Waals surface area contributed by atoms with Gasteiger partial charge in [0.25, 0.3) is 0 Å². The number of hydrogen-bond acceptors (Lipinski definition) is 8. The number of aromatic hydroxyl groups is 1. The summed E-state index contributed by atoms with van der Waals surface area (Å²) in [5, 5.41) is 23.1. The lowest BCUT2D eigenvalue weighted by Gasteiger charge is -2.25. The van der Waals surface area contributed by atoms with E-state index in [1.165, 1.54) is 6.07 Å². The van der Waals surface area contributed by atoms with Gasteiger partial charge in [-0.2, -0.15) is 9.97 Å². The number of likely N-dealkylation sites (tertiary alicyclic amines) is 1. The maximum absolute atomic E-state index is 16.4. The zero-order chi connectivity index (χ0) is 27.1. The van der Waals surface area contributed by atoms with Crippen LogP contribution < -0.4 is 9.64 Å². The van der Waals surface area contributed by atoms with E-state index in [1.54, 1.807) is 12.3 Å². The Kier molecular flexibility index (Phi) is 6.72. The molecule has 8 nitrogen and oxygen atoms in total. The average Bonchev–Trinajstić information content (AvgIpc) is 3.24. The van der Waals surface area contributed by atoms with Crippen LogP contribution >= 0.6 is 0 Å². The van der Waals surface area contributed by atoms with Crippen LogP contribution in [0.3, 0.4) is 0 Å². The first kappa shape index (κ1) is 25.7. The number of likely N-dealkylation sites (N-methyl/N-ethyl adjacent to an activating group) is 1. The van der Waals surface area contributed by atoms with E-state index in [0.29, 0.717) is 49.3 Å². The fourth-order valence-corrected chi connectivity index (χ4v) is 5.84. The number of nitrogens with zero attached hydrogens (tertiary/aromatic N) is 5. The number of anilines is 1. The molecule has 2 atom stereocenters. The third kappa shape index (κ3) is 5.08. The zero-order valence-electron chi connectivity index (χ0n) is 22.4. The summed E-state index contributed by atoms with van der Waals surface area (Å²) in [4.78, 5) is 18.2. The molecule has 0 radical (unpaired) electrons. The maximum atomic E-state index is 16.4. The molecular formula is C30H34FN5O3.